The molecule has 0 fully saturated rings. The molecule has 6 heteroatoms. The van der Waals surface area contributed by atoms with Crippen LogP contribution in [0, 0.1) is 22.7 Å². The molecule has 1 amide bonds. The molecule has 3 aromatic rings. The van der Waals surface area contributed by atoms with Gasteiger partial charge in [-0.05, 0) is 29.7 Å². The van der Waals surface area contributed by atoms with E-state index in [1.165, 1.54) is 0 Å². The smallest absolute Gasteiger partial charge is 0.256 e. The number of nitrogens with one attached hydrogen (secondary N) is 1. The maximum absolute atomic E-state index is 13.0. The number of hydrogen-bond acceptors (Lipinski definition) is 5. The summed E-state index contributed by atoms with van der Waals surface area (Å²) in [7, 11) is 0. The maximum atomic E-state index is 13.0. The van der Waals surface area contributed by atoms with E-state index in [9.17, 15) is 10.1 Å². The molecule has 0 saturated heterocycles. The Morgan fingerprint density at radius 2 is 1.47 bits per heavy atom. The van der Waals surface area contributed by atoms with Crippen molar-refractivity contribution in [3.05, 3.63) is 95.6 Å². The molecule has 0 aliphatic rings. The largest absolute Gasteiger partial charge is 0.485 e. The van der Waals surface area contributed by atoms with Gasteiger partial charge < -0.3 is 14.8 Å². The first-order valence-corrected chi connectivity index (χ1v) is 10.2. The lowest BCUT2D eigenvalue weighted by molar-refractivity contribution is 0.0938. The van der Waals surface area contributed by atoms with Crippen LogP contribution in [0.5, 0.6) is 11.5 Å². The highest BCUT2D eigenvalue weighted by Crippen LogP contribution is 2.33. The Hall–Kier alpha value is -4.29. The van der Waals surface area contributed by atoms with Crippen molar-refractivity contribution >= 4 is 5.91 Å². The van der Waals surface area contributed by atoms with E-state index in [0.29, 0.717) is 18.1 Å². The van der Waals surface area contributed by atoms with Crippen molar-refractivity contribution in [1.82, 2.24) is 5.32 Å². The van der Waals surface area contributed by atoms with Gasteiger partial charge in [0.05, 0.1) is 17.7 Å². The second kappa shape index (κ2) is 11.8. The van der Waals surface area contributed by atoms with E-state index in [1.807, 2.05) is 72.8 Å². The van der Waals surface area contributed by atoms with Crippen LogP contribution >= 0.6 is 0 Å². The van der Waals surface area contributed by atoms with Crippen LogP contribution in [0.1, 0.15) is 34.3 Å². The van der Waals surface area contributed by atoms with Crippen molar-refractivity contribution in [3.8, 4) is 23.6 Å². The van der Waals surface area contributed by atoms with Crippen LogP contribution in [0.15, 0.2) is 78.9 Å². The lowest BCUT2D eigenvalue weighted by Crippen LogP contribution is -2.34. The number of rotatable bonds is 10. The Kier molecular flexibility index (Phi) is 8.25. The second-order valence-electron chi connectivity index (χ2n) is 7.03. The van der Waals surface area contributed by atoms with Gasteiger partial charge in [0.25, 0.3) is 5.91 Å². The van der Waals surface area contributed by atoms with Crippen molar-refractivity contribution in [2.45, 2.75) is 32.1 Å². The molecule has 0 spiro atoms. The van der Waals surface area contributed by atoms with Crippen molar-refractivity contribution in [1.29, 1.82) is 10.5 Å². The van der Waals surface area contributed by atoms with Gasteiger partial charge in [-0.15, -0.1) is 0 Å². The zero-order valence-electron chi connectivity index (χ0n) is 17.5. The summed E-state index contributed by atoms with van der Waals surface area (Å²) >= 11 is 0. The van der Waals surface area contributed by atoms with E-state index >= 15 is 0 Å². The Morgan fingerprint density at radius 1 is 0.844 bits per heavy atom. The highest BCUT2D eigenvalue weighted by atomic mass is 16.5. The average Bonchev–Trinajstić information content (AvgIpc) is 2.85. The van der Waals surface area contributed by atoms with E-state index in [1.54, 1.807) is 18.2 Å². The number of nitriles is 2. The Balaban J connectivity index is 1.84. The maximum Gasteiger partial charge on any atom is 0.256 e. The van der Waals surface area contributed by atoms with Crippen LogP contribution in [0.3, 0.4) is 0 Å². The van der Waals surface area contributed by atoms with Crippen molar-refractivity contribution in [2.75, 3.05) is 0 Å². The van der Waals surface area contributed by atoms with Gasteiger partial charge in [-0.3, -0.25) is 4.79 Å². The SMILES string of the molecule is N#CCC[C@@H](C#N)NC(=O)c1cccc(OCc2ccccc2)c1OCc1ccccc1. The zero-order chi connectivity index (χ0) is 22.6. The number of amides is 1. The summed E-state index contributed by atoms with van der Waals surface area (Å²) in [6.07, 6.45) is 0.430. The van der Waals surface area contributed by atoms with Crippen molar-refractivity contribution in [3.63, 3.8) is 0 Å². The Labute approximate surface area is 187 Å². The minimum Gasteiger partial charge on any atom is -0.485 e. The van der Waals surface area contributed by atoms with Crippen LogP contribution in [-0.2, 0) is 13.2 Å². The third-order valence-electron chi connectivity index (χ3n) is 4.69. The van der Waals surface area contributed by atoms with Crippen LogP contribution in [0.4, 0.5) is 0 Å². The fourth-order valence-corrected chi connectivity index (χ4v) is 3.04. The molecular weight excluding hydrogens is 402 g/mol. The highest BCUT2D eigenvalue weighted by Gasteiger charge is 2.20. The molecule has 0 bridgehead atoms. The van der Waals surface area contributed by atoms with Gasteiger partial charge in [-0.1, -0.05) is 66.7 Å². The molecule has 1 N–H and O–H groups in total. The van der Waals surface area contributed by atoms with Gasteiger partial charge in [0.15, 0.2) is 11.5 Å². The molecule has 0 unspecified atom stereocenters. The number of hydrogen-bond donors (Lipinski definition) is 1. The first-order chi connectivity index (χ1) is 15.7. The summed E-state index contributed by atoms with van der Waals surface area (Å²) in [5, 5.41) is 20.7. The lowest BCUT2D eigenvalue weighted by atomic mass is 10.1. The average molecular weight is 425 g/mol. The molecule has 0 radical (unpaired) electrons. The van der Waals surface area contributed by atoms with Gasteiger partial charge in [0.1, 0.15) is 19.3 Å². The molecule has 0 aliphatic heterocycles. The van der Waals surface area contributed by atoms with Crippen LogP contribution in [0.2, 0.25) is 0 Å². The molecule has 0 heterocycles. The summed E-state index contributed by atoms with van der Waals surface area (Å²) in [5.74, 6) is 0.285. The van der Waals surface area contributed by atoms with Crippen molar-refractivity contribution in [2.24, 2.45) is 0 Å². The number of benzene rings is 3. The first-order valence-electron chi connectivity index (χ1n) is 10.2. The third-order valence-corrected chi connectivity index (χ3v) is 4.69. The zero-order valence-corrected chi connectivity index (χ0v) is 17.5. The van der Waals surface area contributed by atoms with Crippen molar-refractivity contribution < 1.29 is 14.3 Å². The number of para-hydroxylation sites is 1. The van der Waals surface area contributed by atoms with Crippen LogP contribution in [-0.4, -0.2) is 11.9 Å². The van der Waals surface area contributed by atoms with Gasteiger partial charge in [-0.25, -0.2) is 0 Å². The standard InChI is InChI=1S/C26H23N3O3/c27-16-8-13-22(17-28)29-26(30)23-14-7-15-24(31-18-20-9-3-1-4-10-20)25(23)32-19-21-11-5-2-6-12-21/h1-7,9-12,14-15,22H,8,13,18-19H2,(H,29,30)/t22-/m0/s1. The Bertz CT molecular complexity index is 1100. The first kappa shape index (κ1) is 22.4. The topological polar surface area (TPSA) is 95.1 Å². The summed E-state index contributed by atoms with van der Waals surface area (Å²) in [6.45, 7) is 0.569. The van der Waals surface area contributed by atoms with Gasteiger partial charge in [0.2, 0.25) is 0 Å². The summed E-state index contributed by atoms with van der Waals surface area (Å²) in [6, 6.07) is 27.6. The van der Waals surface area contributed by atoms with E-state index < -0.39 is 11.9 Å². The number of nitrogens with zero attached hydrogens (tertiary/aromatic N) is 2. The predicted molar refractivity (Wildman–Crippen MR) is 120 cm³/mol. The van der Waals surface area contributed by atoms with Gasteiger partial charge in [0, 0.05) is 6.42 Å². The molecule has 3 aromatic carbocycles. The number of ether oxygens (including phenoxy) is 2. The minimum atomic E-state index is -0.766. The monoisotopic (exact) mass is 425 g/mol. The second-order valence-corrected chi connectivity index (χ2v) is 7.03. The molecule has 3 rings (SSSR count). The van der Waals surface area contributed by atoms with Crippen LogP contribution in [0.25, 0.3) is 0 Å². The molecule has 6 nitrogen and oxygen atoms in total. The van der Waals surface area contributed by atoms with E-state index in [2.05, 4.69) is 5.32 Å². The quantitative estimate of drug-likeness (QED) is 0.505. The van der Waals surface area contributed by atoms with Gasteiger partial charge >= 0.3 is 0 Å². The summed E-state index contributed by atoms with van der Waals surface area (Å²) in [5.41, 5.74) is 2.20. The number of carbonyl (C=O) groups excluding carboxylic acids is 1. The molecule has 0 aliphatic carbocycles. The fraction of sp³-hybridized carbons (Fsp3) is 0.192. The summed E-state index contributed by atoms with van der Waals surface area (Å²) < 4.78 is 12.0. The summed E-state index contributed by atoms with van der Waals surface area (Å²) in [4.78, 5) is 13.0. The minimum absolute atomic E-state index is 0.177. The third kappa shape index (κ3) is 6.35. The molecule has 160 valence electrons. The molecule has 32 heavy (non-hydrogen) atoms. The lowest BCUT2D eigenvalue weighted by Gasteiger charge is -2.17. The molecule has 0 aromatic heterocycles. The fourth-order valence-electron chi connectivity index (χ4n) is 3.04. The Morgan fingerprint density at radius 3 is 2.06 bits per heavy atom. The number of carbonyl (C=O) groups is 1. The predicted octanol–water partition coefficient (Wildman–Crippen LogP) is 4.77. The normalized spacial score (nSPS) is 10.9. The molecule has 0 saturated carbocycles. The van der Waals surface area contributed by atoms with Gasteiger partial charge in [-0.2, -0.15) is 10.5 Å². The van der Waals surface area contributed by atoms with Crippen LogP contribution < -0.4 is 14.8 Å². The highest BCUT2D eigenvalue weighted by molar-refractivity contribution is 5.98. The van der Waals surface area contributed by atoms with E-state index in [-0.39, 0.29) is 25.0 Å². The van der Waals surface area contributed by atoms with E-state index in [4.69, 9.17) is 14.7 Å². The molecule has 1 atom stereocenters. The van der Waals surface area contributed by atoms with E-state index in [0.717, 1.165) is 11.1 Å². The molecular formula is C26H23N3O3.